The number of likely N-dealkylation sites (N-methyl/N-ethyl adjacent to an activating group) is 1. The summed E-state index contributed by atoms with van der Waals surface area (Å²) in [6.45, 7) is 4.29. The lowest BCUT2D eigenvalue weighted by molar-refractivity contribution is 0.721. The molecule has 0 atom stereocenters. The fourth-order valence-electron chi connectivity index (χ4n) is 3.32. The van der Waals surface area contributed by atoms with Crippen LogP contribution in [0.5, 0.6) is 0 Å². The first-order valence-corrected chi connectivity index (χ1v) is 8.60. The molecule has 0 saturated heterocycles. The number of benzene rings is 1. The van der Waals surface area contributed by atoms with Gasteiger partial charge >= 0.3 is 0 Å². The number of hydrogen-bond acceptors (Lipinski definition) is 2. The van der Waals surface area contributed by atoms with Crippen molar-refractivity contribution in [3.63, 3.8) is 0 Å². The van der Waals surface area contributed by atoms with Crippen LogP contribution in [0.15, 0.2) is 30.3 Å². The van der Waals surface area contributed by atoms with Crippen LogP contribution in [0.2, 0.25) is 0 Å². The van der Waals surface area contributed by atoms with Crippen LogP contribution in [-0.4, -0.2) is 18.1 Å². The van der Waals surface area contributed by atoms with Gasteiger partial charge in [0.25, 0.3) is 0 Å². The van der Waals surface area contributed by atoms with E-state index in [1.807, 2.05) is 11.3 Å². The van der Waals surface area contributed by atoms with E-state index in [1.54, 1.807) is 4.88 Å². The number of aryl methyl sites for hydroxylation is 2. The monoisotopic (exact) mass is 296 g/mol. The summed E-state index contributed by atoms with van der Waals surface area (Å²) >= 11 is 2.00. The average molecular weight is 296 g/mol. The normalized spacial score (nSPS) is 13.4. The fourth-order valence-corrected chi connectivity index (χ4v) is 4.49. The van der Waals surface area contributed by atoms with Crippen LogP contribution in [0.3, 0.4) is 0 Å². The van der Waals surface area contributed by atoms with E-state index in [-0.39, 0.29) is 0 Å². The third kappa shape index (κ3) is 2.21. The fraction of sp³-hybridized carbons (Fsp3) is 0.333. The highest BCUT2D eigenvalue weighted by atomic mass is 32.1. The lowest BCUT2D eigenvalue weighted by Crippen LogP contribution is -2.15. The van der Waals surface area contributed by atoms with Crippen LogP contribution < -0.4 is 5.32 Å². The summed E-state index contributed by atoms with van der Waals surface area (Å²) in [7, 11) is 0. The van der Waals surface area contributed by atoms with Crippen LogP contribution in [0.4, 0.5) is 0 Å². The third-order valence-electron chi connectivity index (χ3n) is 4.34. The molecule has 2 nitrogen and oxygen atoms in total. The third-order valence-corrected chi connectivity index (χ3v) is 5.60. The molecule has 0 radical (unpaired) electrons. The Morgan fingerprint density at radius 2 is 2.14 bits per heavy atom. The zero-order chi connectivity index (χ0) is 14.2. The van der Waals surface area contributed by atoms with Gasteiger partial charge in [0, 0.05) is 26.2 Å². The van der Waals surface area contributed by atoms with Gasteiger partial charge in [-0.05, 0) is 50.0 Å². The molecule has 2 N–H and O–H groups in total. The Bertz CT molecular complexity index is 782. The molecule has 108 valence electrons. The first-order valence-electron chi connectivity index (χ1n) is 7.79. The molecule has 2 aromatic heterocycles. The van der Waals surface area contributed by atoms with Gasteiger partial charge in [-0.25, -0.2) is 0 Å². The second kappa shape index (κ2) is 5.32. The lowest BCUT2D eigenvalue weighted by Gasteiger charge is -2.11. The van der Waals surface area contributed by atoms with Crippen molar-refractivity contribution in [3.8, 4) is 11.3 Å². The Labute approximate surface area is 129 Å². The molecule has 0 fully saturated rings. The Kier molecular flexibility index (Phi) is 3.32. The zero-order valence-corrected chi connectivity index (χ0v) is 13.1. The first-order chi connectivity index (χ1) is 10.4. The van der Waals surface area contributed by atoms with Gasteiger partial charge in [-0.15, -0.1) is 11.3 Å². The molecular weight excluding hydrogens is 276 g/mol. The number of fused-ring (bicyclic) bond motifs is 5. The molecule has 21 heavy (non-hydrogen) atoms. The Morgan fingerprint density at radius 1 is 1.24 bits per heavy atom. The maximum atomic E-state index is 3.64. The number of H-pyrrole nitrogens is 1. The first kappa shape index (κ1) is 13.1. The van der Waals surface area contributed by atoms with E-state index in [9.17, 15) is 0 Å². The number of aromatic amines is 1. The van der Waals surface area contributed by atoms with E-state index in [2.05, 4.69) is 47.6 Å². The van der Waals surface area contributed by atoms with Gasteiger partial charge in [0.2, 0.25) is 0 Å². The minimum atomic E-state index is 1.05. The van der Waals surface area contributed by atoms with Crippen LogP contribution >= 0.6 is 11.3 Å². The molecule has 2 heterocycles. The van der Waals surface area contributed by atoms with Gasteiger partial charge in [-0.1, -0.05) is 25.1 Å². The summed E-state index contributed by atoms with van der Waals surface area (Å²) in [6, 6.07) is 11.1. The Hall–Kier alpha value is -1.58. The Morgan fingerprint density at radius 3 is 3.05 bits per heavy atom. The van der Waals surface area contributed by atoms with E-state index in [0.29, 0.717) is 0 Å². The van der Waals surface area contributed by atoms with Gasteiger partial charge < -0.3 is 10.3 Å². The molecule has 1 aliphatic rings. The van der Waals surface area contributed by atoms with Crippen molar-refractivity contribution in [2.45, 2.75) is 26.2 Å². The molecule has 1 aromatic carbocycles. The van der Waals surface area contributed by atoms with Gasteiger partial charge in [-0.3, -0.25) is 0 Å². The number of para-hydroxylation sites is 1. The van der Waals surface area contributed by atoms with Crippen molar-refractivity contribution in [3.05, 3.63) is 45.6 Å². The van der Waals surface area contributed by atoms with Gasteiger partial charge in [0.15, 0.2) is 0 Å². The predicted molar refractivity (Wildman–Crippen MR) is 91.3 cm³/mol. The number of aromatic nitrogens is 1. The van der Waals surface area contributed by atoms with Crippen LogP contribution in [0, 0.1) is 0 Å². The highest BCUT2D eigenvalue weighted by molar-refractivity contribution is 7.12. The molecule has 0 spiro atoms. The summed E-state index contributed by atoms with van der Waals surface area (Å²) in [5, 5.41) is 4.82. The summed E-state index contributed by atoms with van der Waals surface area (Å²) in [5.41, 5.74) is 5.59. The predicted octanol–water partition coefficient (Wildman–Crippen LogP) is 4.15. The summed E-state index contributed by atoms with van der Waals surface area (Å²) in [4.78, 5) is 6.71. The Balaban J connectivity index is 1.74. The maximum Gasteiger partial charge on any atom is 0.0508 e. The smallest absolute Gasteiger partial charge is 0.0508 e. The number of hydrogen-bond donors (Lipinski definition) is 2. The van der Waals surface area contributed by atoms with Crippen molar-refractivity contribution in [1.29, 1.82) is 0 Å². The van der Waals surface area contributed by atoms with Crippen molar-refractivity contribution in [2.24, 2.45) is 0 Å². The molecular formula is C18H20N2S. The van der Waals surface area contributed by atoms with Crippen molar-refractivity contribution >= 4 is 22.2 Å². The molecule has 0 aliphatic heterocycles. The second-order valence-corrected chi connectivity index (χ2v) is 6.90. The highest BCUT2D eigenvalue weighted by Gasteiger charge is 2.22. The lowest BCUT2D eigenvalue weighted by atomic mass is 9.94. The molecule has 4 rings (SSSR count). The van der Waals surface area contributed by atoms with Crippen molar-refractivity contribution < 1.29 is 0 Å². The van der Waals surface area contributed by atoms with Crippen LogP contribution in [0.25, 0.3) is 22.2 Å². The molecule has 1 aliphatic carbocycles. The summed E-state index contributed by atoms with van der Waals surface area (Å²) < 4.78 is 0. The highest BCUT2D eigenvalue weighted by Crippen LogP contribution is 2.41. The van der Waals surface area contributed by atoms with E-state index < -0.39 is 0 Å². The standard InChI is InChI=1S/C18H20N2S/c1-2-19-10-9-12-11-15-17(21-12)8-7-14-13-5-3-4-6-16(13)20-18(14)15/h3-6,11,19-20H,2,7-10H2,1H3. The molecule has 0 saturated carbocycles. The minimum Gasteiger partial charge on any atom is -0.354 e. The summed E-state index contributed by atoms with van der Waals surface area (Å²) in [5.74, 6) is 0. The van der Waals surface area contributed by atoms with E-state index in [4.69, 9.17) is 0 Å². The van der Waals surface area contributed by atoms with Gasteiger partial charge in [0.1, 0.15) is 0 Å². The quantitative estimate of drug-likeness (QED) is 0.696. The molecule has 3 aromatic rings. The topological polar surface area (TPSA) is 27.8 Å². The number of rotatable bonds is 4. The van der Waals surface area contributed by atoms with Crippen molar-refractivity contribution in [1.82, 2.24) is 10.3 Å². The van der Waals surface area contributed by atoms with Crippen LogP contribution in [0.1, 0.15) is 22.2 Å². The second-order valence-electron chi connectivity index (χ2n) is 5.68. The maximum absolute atomic E-state index is 3.64. The van der Waals surface area contributed by atoms with E-state index in [1.165, 1.54) is 45.4 Å². The number of thiophene rings is 1. The van der Waals surface area contributed by atoms with E-state index in [0.717, 1.165) is 19.5 Å². The zero-order valence-electron chi connectivity index (χ0n) is 12.3. The molecule has 0 unspecified atom stereocenters. The molecule has 0 bridgehead atoms. The van der Waals surface area contributed by atoms with Gasteiger partial charge in [-0.2, -0.15) is 0 Å². The molecule has 3 heteroatoms. The molecule has 0 amide bonds. The number of nitrogens with one attached hydrogen (secondary N) is 2. The minimum absolute atomic E-state index is 1.05. The van der Waals surface area contributed by atoms with Crippen molar-refractivity contribution in [2.75, 3.05) is 13.1 Å². The van der Waals surface area contributed by atoms with Gasteiger partial charge in [0.05, 0.1) is 5.69 Å². The SMILES string of the molecule is CCNCCc1cc2c(s1)CCc1c-2[nH]c2ccccc12. The summed E-state index contributed by atoms with van der Waals surface area (Å²) in [6.07, 6.45) is 3.50. The van der Waals surface area contributed by atoms with Crippen LogP contribution in [-0.2, 0) is 19.3 Å². The largest absolute Gasteiger partial charge is 0.354 e. The average Bonchev–Trinajstić information content (AvgIpc) is 3.07. The van der Waals surface area contributed by atoms with E-state index >= 15 is 0 Å².